The van der Waals surface area contributed by atoms with Crippen molar-refractivity contribution in [3.8, 4) is 5.88 Å². The van der Waals surface area contributed by atoms with Gasteiger partial charge in [-0.1, -0.05) is 31.0 Å². The lowest BCUT2D eigenvalue weighted by molar-refractivity contribution is 0.397. The number of pyridine rings is 1. The topological polar surface area (TPSA) is 47.9 Å². The molecule has 2 rings (SSSR count). The quantitative estimate of drug-likeness (QED) is 0.764. The van der Waals surface area contributed by atoms with Gasteiger partial charge in [0.15, 0.2) is 0 Å². The standard InChI is InChI=1S/C14H15BrClN3O/c1-3-4-10-13(15)14(16)19-11(18-10)7-9-5-6-12(20-2)17-8-9/h5-6,8H,3-4,7H2,1-2H3. The lowest BCUT2D eigenvalue weighted by Gasteiger charge is -2.07. The molecule has 0 radical (unpaired) electrons. The van der Waals surface area contributed by atoms with Crippen molar-refractivity contribution >= 4 is 27.5 Å². The molecule has 0 aliphatic carbocycles. The zero-order valence-electron chi connectivity index (χ0n) is 11.4. The van der Waals surface area contributed by atoms with E-state index in [-0.39, 0.29) is 0 Å². The van der Waals surface area contributed by atoms with Crippen molar-refractivity contribution in [3.63, 3.8) is 0 Å². The van der Waals surface area contributed by atoms with E-state index in [0.29, 0.717) is 23.3 Å². The summed E-state index contributed by atoms with van der Waals surface area (Å²) in [6, 6.07) is 3.77. The maximum Gasteiger partial charge on any atom is 0.212 e. The number of methoxy groups -OCH3 is 1. The van der Waals surface area contributed by atoms with Gasteiger partial charge in [0.2, 0.25) is 5.88 Å². The van der Waals surface area contributed by atoms with Crippen LogP contribution in [0.2, 0.25) is 5.15 Å². The molecule has 2 aromatic rings. The van der Waals surface area contributed by atoms with Crippen molar-refractivity contribution in [1.29, 1.82) is 0 Å². The van der Waals surface area contributed by atoms with Gasteiger partial charge in [-0.25, -0.2) is 15.0 Å². The van der Waals surface area contributed by atoms with Crippen LogP contribution < -0.4 is 4.74 Å². The van der Waals surface area contributed by atoms with Gasteiger partial charge in [-0.2, -0.15) is 0 Å². The van der Waals surface area contributed by atoms with Crippen LogP contribution >= 0.6 is 27.5 Å². The van der Waals surface area contributed by atoms with E-state index in [9.17, 15) is 0 Å². The van der Waals surface area contributed by atoms with E-state index < -0.39 is 0 Å². The normalized spacial score (nSPS) is 10.6. The molecule has 0 bridgehead atoms. The molecule has 0 amide bonds. The first-order chi connectivity index (χ1) is 9.63. The number of halogens is 2. The molecule has 0 saturated heterocycles. The van der Waals surface area contributed by atoms with Gasteiger partial charge in [-0.15, -0.1) is 0 Å². The molecule has 0 N–H and O–H groups in total. The van der Waals surface area contributed by atoms with Crippen molar-refractivity contribution < 1.29 is 4.74 Å². The van der Waals surface area contributed by atoms with Crippen molar-refractivity contribution in [2.75, 3.05) is 7.11 Å². The Bertz CT molecular complexity index is 590. The number of ether oxygens (including phenoxy) is 1. The van der Waals surface area contributed by atoms with Crippen LogP contribution in [0.25, 0.3) is 0 Å². The number of hydrogen-bond acceptors (Lipinski definition) is 4. The summed E-state index contributed by atoms with van der Waals surface area (Å²) in [6.07, 6.45) is 4.24. The van der Waals surface area contributed by atoms with Crippen LogP contribution in [0, 0.1) is 0 Å². The fourth-order valence-corrected chi connectivity index (χ4v) is 2.39. The molecule has 6 heteroatoms. The third-order valence-electron chi connectivity index (χ3n) is 2.78. The van der Waals surface area contributed by atoms with Gasteiger partial charge >= 0.3 is 0 Å². The van der Waals surface area contributed by atoms with Crippen molar-refractivity contribution in [2.24, 2.45) is 0 Å². The lowest BCUT2D eigenvalue weighted by atomic mass is 10.2. The van der Waals surface area contributed by atoms with Gasteiger partial charge in [0.05, 0.1) is 17.3 Å². The molecular formula is C14H15BrClN3O. The lowest BCUT2D eigenvalue weighted by Crippen LogP contribution is -2.03. The third-order valence-corrected chi connectivity index (χ3v) is 4.12. The second-order valence-corrected chi connectivity index (χ2v) is 5.48. The van der Waals surface area contributed by atoms with Crippen LogP contribution in [0.1, 0.15) is 30.4 Å². The van der Waals surface area contributed by atoms with Crippen LogP contribution in [-0.2, 0) is 12.8 Å². The maximum atomic E-state index is 6.14. The van der Waals surface area contributed by atoms with Crippen molar-refractivity contribution in [3.05, 3.63) is 45.0 Å². The second-order valence-electron chi connectivity index (χ2n) is 4.33. The summed E-state index contributed by atoms with van der Waals surface area (Å²) >= 11 is 9.57. The number of hydrogen-bond donors (Lipinski definition) is 0. The van der Waals surface area contributed by atoms with Gasteiger partial charge in [0.1, 0.15) is 11.0 Å². The molecule has 0 spiro atoms. The number of aromatic nitrogens is 3. The predicted octanol–water partition coefficient (Wildman–Crippen LogP) is 3.84. The molecule has 0 fully saturated rings. The Balaban J connectivity index is 2.23. The zero-order chi connectivity index (χ0) is 14.5. The minimum Gasteiger partial charge on any atom is -0.481 e. The first kappa shape index (κ1) is 15.2. The first-order valence-corrected chi connectivity index (χ1v) is 7.50. The molecule has 0 aliphatic heterocycles. The predicted molar refractivity (Wildman–Crippen MR) is 82.3 cm³/mol. The minimum atomic E-state index is 0.458. The van der Waals surface area contributed by atoms with Crippen LogP contribution in [0.4, 0.5) is 0 Å². The van der Waals surface area contributed by atoms with E-state index in [4.69, 9.17) is 16.3 Å². The molecule has 0 aliphatic rings. The number of nitrogens with zero attached hydrogens (tertiary/aromatic N) is 3. The van der Waals surface area contributed by atoms with Crippen LogP contribution in [0.15, 0.2) is 22.8 Å². The van der Waals surface area contributed by atoms with Crippen molar-refractivity contribution in [2.45, 2.75) is 26.2 Å². The van der Waals surface area contributed by atoms with Gasteiger partial charge in [-0.05, 0) is 27.9 Å². The molecule has 4 nitrogen and oxygen atoms in total. The smallest absolute Gasteiger partial charge is 0.212 e. The van der Waals surface area contributed by atoms with E-state index in [0.717, 1.165) is 28.6 Å². The highest BCUT2D eigenvalue weighted by molar-refractivity contribution is 9.10. The van der Waals surface area contributed by atoms with E-state index in [1.807, 2.05) is 12.1 Å². The Morgan fingerprint density at radius 1 is 1.30 bits per heavy atom. The Labute approximate surface area is 131 Å². The van der Waals surface area contributed by atoms with Gasteiger partial charge in [0, 0.05) is 18.7 Å². The molecular weight excluding hydrogens is 342 g/mol. The third kappa shape index (κ3) is 3.67. The summed E-state index contributed by atoms with van der Waals surface area (Å²) in [7, 11) is 1.59. The Morgan fingerprint density at radius 3 is 2.70 bits per heavy atom. The first-order valence-electron chi connectivity index (χ1n) is 6.33. The fraction of sp³-hybridized carbons (Fsp3) is 0.357. The fourth-order valence-electron chi connectivity index (χ4n) is 1.81. The minimum absolute atomic E-state index is 0.458. The summed E-state index contributed by atoms with van der Waals surface area (Å²) in [5.74, 6) is 1.30. The van der Waals surface area contributed by atoms with Gasteiger partial charge in [0.25, 0.3) is 0 Å². The Hall–Kier alpha value is -1.20. The average molecular weight is 357 g/mol. The molecule has 0 aromatic carbocycles. The van der Waals surface area contributed by atoms with E-state index in [1.165, 1.54) is 0 Å². The van der Waals surface area contributed by atoms with Gasteiger partial charge in [-0.3, -0.25) is 0 Å². The summed E-state index contributed by atoms with van der Waals surface area (Å²) in [4.78, 5) is 13.0. The molecule has 2 aromatic heterocycles. The highest BCUT2D eigenvalue weighted by Gasteiger charge is 2.11. The largest absolute Gasteiger partial charge is 0.481 e. The Kier molecular flexibility index (Phi) is 5.31. The molecule has 2 heterocycles. The molecule has 0 saturated carbocycles. The highest BCUT2D eigenvalue weighted by Crippen LogP contribution is 2.25. The molecule has 0 atom stereocenters. The number of aryl methyl sites for hydroxylation is 1. The van der Waals surface area contributed by atoms with Gasteiger partial charge < -0.3 is 4.74 Å². The monoisotopic (exact) mass is 355 g/mol. The summed E-state index contributed by atoms with van der Waals surface area (Å²) in [5, 5.41) is 0.458. The summed E-state index contributed by atoms with van der Waals surface area (Å²) in [6.45, 7) is 2.11. The summed E-state index contributed by atoms with van der Waals surface area (Å²) < 4.78 is 5.83. The zero-order valence-corrected chi connectivity index (χ0v) is 13.7. The summed E-state index contributed by atoms with van der Waals surface area (Å²) in [5.41, 5.74) is 1.97. The number of rotatable bonds is 5. The Morgan fingerprint density at radius 2 is 2.10 bits per heavy atom. The van der Waals surface area contributed by atoms with E-state index in [1.54, 1.807) is 13.3 Å². The highest BCUT2D eigenvalue weighted by atomic mass is 79.9. The molecule has 0 unspecified atom stereocenters. The van der Waals surface area contributed by atoms with Crippen LogP contribution in [0.3, 0.4) is 0 Å². The van der Waals surface area contributed by atoms with Crippen LogP contribution in [-0.4, -0.2) is 22.1 Å². The molecule has 20 heavy (non-hydrogen) atoms. The maximum absolute atomic E-state index is 6.14. The van der Waals surface area contributed by atoms with E-state index in [2.05, 4.69) is 37.8 Å². The van der Waals surface area contributed by atoms with Crippen molar-refractivity contribution in [1.82, 2.24) is 15.0 Å². The SMILES string of the molecule is CCCc1nc(Cc2ccc(OC)nc2)nc(Cl)c1Br. The van der Waals surface area contributed by atoms with E-state index >= 15 is 0 Å². The second kappa shape index (κ2) is 6.99. The molecule has 106 valence electrons. The average Bonchev–Trinajstić information content (AvgIpc) is 2.45. The van der Waals surface area contributed by atoms with Crippen LogP contribution in [0.5, 0.6) is 5.88 Å².